The summed E-state index contributed by atoms with van der Waals surface area (Å²) in [6.45, 7) is 0. The topological polar surface area (TPSA) is 9.23 Å². The molecule has 1 saturated carbocycles. The molecule has 0 aromatic heterocycles. The molecule has 0 heterocycles. The highest BCUT2D eigenvalue weighted by Gasteiger charge is 2.40. The molecule has 1 fully saturated rings. The molecule has 1 aliphatic carbocycles. The molecule has 2 aromatic rings. The van der Waals surface area contributed by atoms with Crippen LogP contribution in [-0.2, 0) is 0 Å². The Morgan fingerprint density at radius 3 is 2.39 bits per heavy atom. The Kier molecular flexibility index (Phi) is 3.13. The van der Waals surface area contributed by atoms with Gasteiger partial charge in [-0.2, -0.15) is 0 Å². The maximum Gasteiger partial charge on any atom is 0.118 e. The van der Waals surface area contributed by atoms with Gasteiger partial charge in [-0.1, -0.05) is 46.3 Å². The number of ether oxygens (including phenoxy) is 1. The average Bonchev–Trinajstić information content (AvgIpc) is 3.20. The summed E-state index contributed by atoms with van der Waals surface area (Å²) in [4.78, 5) is 0. The number of rotatable bonds is 3. The third kappa shape index (κ3) is 2.17. The van der Waals surface area contributed by atoms with Crippen LogP contribution in [0.15, 0.2) is 53.0 Å². The van der Waals surface area contributed by atoms with E-state index in [0.717, 1.165) is 5.75 Å². The van der Waals surface area contributed by atoms with Crippen molar-refractivity contribution >= 4 is 15.9 Å². The predicted octanol–water partition coefficient (Wildman–Crippen LogP) is 4.73. The van der Waals surface area contributed by atoms with Gasteiger partial charge in [0.1, 0.15) is 5.75 Å². The minimum Gasteiger partial charge on any atom is -0.497 e. The fraction of sp³-hybridized carbons (Fsp3) is 0.250. The van der Waals surface area contributed by atoms with Crippen molar-refractivity contribution in [1.82, 2.24) is 0 Å². The molecule has 2 atom stereocenters. The highest BCUT2D eigenvalue weighted by Crippen LogP contribution is 2.56. The predicted molar refractivity (Wildman–Crippen MR) is 77.2 cm³/mol. The number of halogens is 1. The monoisotopic (exact) mass is 302 g/mol. The van der Waals surface area contributed by atoms with E-state index in [2.05, 4.69) is 52.3 Å². The molecule has 92 valence electrons. The molecular formula is C16H15BrO. The van der Waals surface area contributed by atoms with E-state index in [1.165, 1.54) is 22.0 Å². The van der Waals surface area contributed by atoms with E-state index < -0.39 is 0 Å². The highest BCUT2D eigenvalue weighted by atomic mass is 79.9. The van der Waals surface area contributed by atoms with Gasteiger partial charge in [0, 0.05) is 4.47 Å². The van der Waals surface area contributed by atoms with Crippen molar-refractivity contribution < 1.29 is 4.74 Å². The number of methoxy groups -OCH3 is 1. The second kappa shape index (κ2) is 4.77. The van der Waals surface area contributed by atoms with Crippen LogP contribution in [0, 0.1) is 0 Å². The lowest BCUT2D eigenvalue weighted by Gasteiger charge is -2.05. The van der Waals surface area contributed by atoms with E-state index in [0.29, 0.717) is 11.8 Å². The van der Waals surface area contributed by atoms with Gasteiger partial charge in [0.15, 0.2) is 0 Å². The van der Waals surface area contributed by atoms with Crippen LogP contribution in [0.25, 0.3) is 0 Å². The Bertz CT molecular complexity index is 547. The third-order valence-corrected chi connectivity index (χ3v) is 4.36. The Hall–Kier alpha value is -1.28. The Balaban J connectivity index is 1.79. The number of hydrogen-bond acceptors (Lipinski definition) is 1. The Labute approximate surface area is 116 Å². The molecule has 0 aliphatic heterocycles. The van der Waals surface area contributed by atoms with Crippen LogP contribution in [0.2, 0.25) is 0 Å². The summed E-state index contributed by atoms with van der Waals surface area (Å²) in [7, 11) is 1.70. The molecule has 1 nitrogen and oxygen atoms in total. The third-order valence-electron chi connectivity index (χ3n) is 3.64. The second-order valence-corrected chi connectivity index (χ2v) is 5.60. The molecule has 0 spiro atoms. The van der Waals surface area contributed by atoms with Crippen molar-refractivity contribution in [2.24, 2.45) is 0 Å². The molecule has 1 aliphatic rings. The van der Waals surface area contributed by atoms with Gasteiger partial charge in [0.25, 0.3) is 0 Å². The molecule has 2 aromatic carbocycles. The molecule has 0 saturated heterocycles. The van der Waals surface area contributed by atoms with Gasteiger partial charge < -0.3 is 4.74 Å². The molecule has 18 heavy (non-hydrogen) atoms. The van der Waals surface area contributed by atoms with E-state index >= 15 is 0 Å². The minimum absolute atomic E-state index is 0.661. The molecule has 0 N–H and O–H groups in total. The summed E-state index contributed by atoms with van der Waals surface area (Å²) in [5.74, 6) is 2.25. The van der Waals surface area contributed by atoms with E-state index in [1.54, 1.807) is 7.11 Å². The smallest absolute Gasteiger partial charge is 0.118 e. The van der Waals surface area contributed by atoms with Gasteiger partial charge in [-0.05, 0) is 47.6 Å². The van der Waals surface area contributed by atoms with Crippen molar-refractivity contribution in [1.29, 1.82) is 0 Å². The fourth-order valence-electron chi connectivity index (χ4n) is 2.53. The van der Waals surface area contributed by atoms with Crippen molar-refractivity contribution in [2.75, 3.05) is 7.11 Å². The number of benzene rings is 2. The van der Waals surface area contributed by atoms with Crippen LogP contribution < -0.4 is 4.74 Å². The van der Waals surface area contributed by atoms with Gasteiger partial charge in [-0.3, -0.25) is 0 Å². The zero-order chi connectivity index (χ0) is 12.5. The lowest BCUT2D eigenvalue weighted by atomic mass is 10.0. The van der Waals surface area contributed by atoms with Crippen molar-refractivity contribution in [3.63, 3.8) is 0 Å². The van der Waals surface area contributed by atoms with Gasteiger partial charge >= 0.3 is 0 Å². The second-order valence-electron chi connectivity index (χ2n) is 4.74. The summed E-state index contributed by atoms with van der Waals surface area (Å²) >= 11 is 3.64. The SMILES string of the molecule is COc1ccc([C@@H]2C[C@H]2c2ccccc2Br)cc1. The van der Waals surface area contributed by atoms with Gasteiger partial charge in [-0.15, -0.1) is 0 Å². The zero-order valence-corrected chi connectivity index (χ0v) is 11.9. The van der Waals surface area contributed by atoms with E-state index in [4.69, 9.17) is 4.74 Å². The van der Waals surface area contributed by atoms with Gasteiger partial charge in [0.2, 0.25) is 0 Å². The van der Waals surface area contributed by atoms with Gasteiger partial charge in [-0.25, -0.2) is 0 Å². The van der Waals surface area contributed by atoms with Crippen molar-refractivity contribution in [3.8, 4) is 5.75 Å². The molecule has 0 radical (unpaired) electrons. The Morgan fingerprint density at radius 1 is 1.00 bits per heavy atom. The molecule has 0 bridgehead atoms. The van der Waals surface area contributed by atoms with Crippen LogP contribution in [0.3, 0.4) is 0 Å². The van der Waals surface area contributed by atoms with Crippen LogP contribution in [0.1, 0.15) is 29.4 Å². The summed E-state index contributed by atoms with van der Waals surface area (Å²) in [6, 6.07) is 17.0. The molecule has 0 amide bonds. The van der Waals surface area contributed by atoms with Crippen LogP contribution in [-0.4, -0.2) is 7.11 Å². The van der Waals surface area contributed by atoms with E-state index in [-0.39, 0.29) is 0 Å². The first-order valence-electron chi connectivity index (χ1n) is 6.18. The molecule has 3 rings (SSSR count). The van der Waals surface area contributed by atoms with E-state index in [1.807, 2.05) is 12.1 Å². The quantitative estimate of drug-likeness (QED) is 0.796. The standard InChI is InChI=1S/C16H15BrO/c1-18-12-8-6-11(7-9-12)14-10-15(14)13-4-2-3-5-16(13)17/h2-9,14-15H,10H2,1H3/t14-,15-/m0/s1. The molecular weight excluding hydrogens is 288 g/mol. The average molecular weight is 303 g/mol. The summed E-state index contributed by atoms with van der Waals surface area (Å²) in [6.07, 6.45) is 1.24. The lowest BCUT2D eigenvalue weighted by Crippen LogP contribution is -1.87. The van der Waals surface area contributed by atoms with Crippen LogP contribution in [0.4, 0.5) is 0 Å². The highest BCUT2D eigenvalue weighted by molar-refractivity contribution is 9.10. The largest absolute Gasteiger partial charge is 0.497 e. The van der Waals surface area contributed by atoms with Crippen LogP contribution in [0.5, 0.6) is 5.75 Å². The Morgan fingerprint density at radius 2 is 1.72 bits per heavy atom. The van der Waals surface area contributed by atoms with Crippen LogP contribution >= 0.6 is 15.9 Å². The van der Waals surface area contributed by atoms with Gasteiger partial charge in [0.05, 0.1) is 7.11 Å². The van der Waals surface area contributed by atoms with E-state index in [9.17, 15) is 0 Å². The maximum absolute atomic E-state index is 5.19. The first-order chi connectivity index (χ1) is 8.79. The fourth-order valence-corrected chi connectivity index (χ4v) is 3.11. The normalized spacial score (nSPS) is 21.7. The lowest BCUT2D eigenvalue weighted by molar-refractivity contribution is 0.414. The summed E-state index contributed by atoms with van der Waals surface area (Å²) in [5, 5.41) is 0. The summed E-state index contributed by atoms with van der Waals surface area (Å²) < 4.78 is 6.42. The summed E-state index contributed by atoms with van der Waals surface area (Å²) in [5.41, 5.74) is 2.84. The molecule has 2 heteroatoms. The molecule has 0 unspecified atom stereocenters. The van der Waals surface area contributed by atoms with Crippen molar-refractivity contribution in [3.05, 3.63) is 64.1 Å². The van der Waals surface area contributed by atoms with Crippen molar-refractivity contribution in [2.45, 2.75) is 18.3 Å². The first-order valence-corrected chi connectivity index (χ1v) is 6.97. The number of hydrogen-bond donors (Lipinski definition) is 0. The minimum atomic E-state index is 0.661. The zero-order valence-electron chi connectivity index (χ0n) is 10.3. The maximum atomic E-state index is 5.19. The first kappa shape index (κ1) is 11.8.